The van der Waals surface area contributed by atoms with Crippen LogP contribution in [0.25, 0.3) is 22.5 Å². The summed E-state index contributed by atoms with van der Waals surface area (Å²) >= 11 is 12.4. The Bertz CT molecular complexity index is 1210. The quantitative estimate of drug-likeness (QED) is 0.167. The van der Waals surface area contributed by atoms with E-state index in [1.165, 1.54) is 5.56 Å². The minimum absolute atomic E-state index is 0.464. The first-order valence-corrected chi connectivity index (χ1v) is 16.0. The van der Waals surface area contributed by atoms with Crippen molar-refractivity contribution < 1.29 is 4.74 Å². The van der Waals surface area contributed by atoms with Gasteiger partial charge in [-0.2, -0.15) is 0 Å². The zero-order valence-corrected chi connectivity index (χ0v) is 22.4. The van der Waals surface area contributed by atoms with E-state index in [0.29, 0.717) is 23.2 Å². The van der Waals surface area contributed by atoms with Crippen LogP contribution in [0.3, 0.4) is 0 Å². The van der Waals surface area contributed by atoms with Crippen LogP contribution in [0, 0.1) is 0 Å². The summed E-state index contributed by atoms with van der Waals surface area (Å²) in [5, 5.41) is 1.41. The number of halogens is 2. The van der Waals surface area contributed by atoms with Gasteiger partial charge in [0.05, 0.1) is 11.4 Å². The summed E-state index contributed by atoms with van der Waals surface area (Å²) in [5.41, 5.74) is 5.25. The van der Waals surface area contributed by atoms with Gasteiger partial charge in [-0.15, -0.1) is 0 Å². The Morgan fingerprint density at radius 1 is 0.794 bits per heavy atom. The van der Waals surface area contributed by atoms with Gasteiger partial charge in [0.15, 0.2) is 0 Å². The highest BCUT2D eigenvalue weighted by Gasteiger charge is 2.21. The Morgan fingerprint density at radius 3 is 1.97 bits per heavy atom. The van der Waals surface area contributed by atoms with Crippen LogP contribution >= 0.6 is 23.2 Å². The maximum Gasteiger partial charge on any atom is 0.136 e. The van der Waals surface area contributed by atoms with Crippen LogP contribution in [0.2, 0.25) is 35.7 Å². The molecular formula is C28H30Cl2N2OSi. The molecular weight excluding hydrogens is 479 g/mol. The van der Waals surface area contributed by atoms with Crippen LogP contribution in [0.1, 0.15) is 11.4 Å². The predicted molar refractivity (Wildman–Crippen MR) is 146 cm³/mol. The fourth-order valence-corrected chi connectivity index (χ4v) is 4.81. The minimum atomic E-state index is -1.17. The van der Waals surface area contributed by atoms with Crippen molar-refractivity contribution in [3.05, 3.63) is 100 Å². The second kappa shape index (κ2) is 10.9. The molecule has 4 aromatic rings. The minimum Gasteiger partial charge on any atom is -0.374 e. The van der Waals surface area contributed by atoms with Gasteiger partial charge in [-0.3, -0.25) is 0 Å². The van der Waals surface area contributed by atoms with Gasteiger partial charge in [-0.05, 0) is 35.9 Å². The smallest absolute Gasteiger partial charge is 0.136 e. The maximum absolute atomic E-state index is 6.22. The fraction of sp³-hybridized carbons (Fsp3) is 0.250. The molecule has 4 rings (SSSR count). The van der Waals surface area contributed by atoms with Crippen molar-refractivity contribution in [1.82, 2.24) is 9.55 Å². The summed E-state index contributed by atoms with van der Waals surface area (Å²) < 4.78 is 8.44. The van der Waals surface area contributed by atoms with E-state index in [1.807, 2.05) is 42.5 Å². The van der Waals surface area contributed by atoms with E-state index in [1.54, 1.807) is 0 Å². The largest absolute Gasteiger partial charge is 0.374 e. The lowest BCUT2D eigenvalue weighted by atomic mass is 10.0. The zero-order chi connectivity index (χ0) is 24.1. The molecule has 0 atom stereocenters. The summed E-state index contributed by atoms with van der Waals surface area (Å²) in [6, 6.07) is 27.4. The normalized spacial score (nSPS) is 11.7. The van der Waals surface area contributed by atoms with E-state index in [4.69, 9.17) is 32.9 Å². The van der Waals surface area contributed by atoms with Crippen LogP contribution in [-0.2, 0) is 17.9 Å². The van der Waals surface area contributed by atoms with Crippen molar-refractivity contribution in [2.24, 2.45) is 0 Å². The number of ether oxygens (including phenoxy) is 1. The Kier molecular flexibility index (Phi) is 7.94. The number of aromatic nitrogens is 2. The molecule has 0 spiro atoms. The van der Waals surface area contributed by atoms with E-state index in [2.05, 4.69) is 60.6 Å². The lowest BCUT2D eigenvalue weighted by Crippen LogP contribution is -2.21. The molecule has 6 heteroatoms. The van der Waals surface area contributed by atoms with Gasteiger partial charge in [-0.25, -0.2) is 4.98 Å². The SMILES string of the molecule is C[Si](C)(C)CCOCc1nc(-c2ccc(Cl)cc2)c(-c2ccc(Cl)cc2)n1Cc1ccccc1. The van der Waals surface area contributed by atoms with Gasteiger partial charge in [0, 0.05) is 42.4 Å². The zero-order valence-electron chi connectivity index (χ0n) is 19.9. The number of hydrogen-bond donors (Lipinski definition) is 0. The molecule has 0 aliphatic heterocycles. The first-order valence-electron chi connectivity index (χ1n) is 11.5. The highest BCUT2D eigenvalue weighted by molar-refractivity contribution is 6.76. The third-order valence-electron chi connectivity index (χ3n) is 5.69. The van der Waals surface area contributed by atoms with Crippen LogP contribution < -0.4 is 0 Å². The molecule has 0 amide bonds. The van der Waals surface area contributed by atoms with E-state index in [0.717, 1.165) is 41.0 Å². The molecule has 0 bridgehead atoms. The summed E-state index contributed by atoms with van der Waals surface area (Å²) in [7, 11) is -1.17. The molecule has 3 nitrogen and oxygen atoms in total. The van der Waals surface area contributed by atoms with Crippen LogP contribution in [0.5, 0.6) is 0 Å². The Balaban J connectivity index is 1.81. The molecule has 0 unspecified atom stereocenters. The van der Waals surface area contributed by atoms with Crippen LogP contribution in [0.15, 0.2) is 78.9 Å². The third kappa shape index (κ3) is 6.39. The predicted octanol–water partition coefficient (Wildman–Crippen LogP) is 8.43. The van der Waals surface area contributed by atoms with E-state index >= 15 is 0 Å². The molecule has 3 aromatic carbocycles. The monoisotopic (exact) mass is 508 g/mol. The number of rotatable bonds is 9. The first-order chi connectivity index (χ1) is 16.3. The molecule has 0 fully saturated rings. The second-order valence-corrected chi connectivity index (χ2v) is 16.2. The molecule has 0 saturated carbocycles. The van der Waals surface area contributed by atoms with Gasteiger partial charge in [0.2, 0.25) is 0 Å². The standard InChI is InChI=1S/C28H30Cl2N2OSi/c1-34(2,3)18-17-33-20-26-31-27(22-9-13-24(29)14-10-22)28(23-11-15-25(30)16-12-23)32(26)19-21-7-5-4-6-8-21/h4-16H,17-20H2,1-3H3. The Hall–Kier alpha value is -2.37. The number of benzene rings is 3. The van der Waals surface area contributed by atoms with E-state index in [-0.39, 0.29) is 0 Å². The highest BCUT2D eigenvalue weighted by atomic mass is 35.5. The highest BCUT2D eigenvalue weighted by Crippen LogP contribution is 2.35. The van der Waals surface area contributed by atoms with Crippen molar-refractivity contribution in [1.29, 1.82) is 0 Å². The van der Waals surface area contributed by atoms with Crippen molar-refractivity contribution in [2.45, 2.75) is 38.8 Å². The van der Waals surface area contributed by atoms with Gasteiger partial charge in [0.1, 0.15) is 12.4 Å². The van der Waals surface area contributed by atoms with Crippen molar-refractivity contribution in [3.8, 4) is 22.5 Å². The van der Waals surface area contributed by atoms with E-state index < -0.39 is 8.07 Å². The summed E-state index contributed by atoms with van der Waals surface area (Å²) in [5.74, 6) is 0.911. The second-order valence-electron chi connectivity index (χ2n) is 9.67. The van der Waals surface area contributed by atoms with Crippen LogP contribution in [0.4, 0.5) is 0 Å². The van der Waals surface area contributed by atoms with Gasteiger partial charge < -0.3 is 9.30 Å². The molecule has 0 N–H and O–H groups in total. The summed E-state index contributed by atoms with van der Waals surface area (Å²) in [6.07, 6.45) is 0. The molecule has 176 valence electrons. The molecule has 1 heterocycles. The van der Waals surface area contributed by atoms with Gasteiger partial charge >= 0.3 is 0 Å². The summed E-state index contributed by atoms with van der Waals surface area (Å²) in [4.78, 5) is 5.11. The average molecular weight is 510 g/mol. The molecule has 1 aromatic heterocycles. The molecule has 0 aliphatic rings. The molecule has 0 aliphatic carbocycles. The van der Waals surface area contributed by atoms with Crippen LogP contribution in [-0.4, -0.2) is 24.2 Å². The van der Waals surface area contributed by atoms with Gasteiger partial charge in [-0.1, -0.05) is 97.4 Å². The first kappa shape index (κ1) is 24.7. The van der Waals surface area contributed by atoms with Crippen molar-refractivity contribution >= 4 is 31.3 Å². The van der Waals surface area contributed by atoms with E-state index in [9.17, 15) is 0 Å². The Morgan fingerprint density at radius 2 is 1.38 bits per heavy atom. The van der Waals surface area contributed by atoms with Gasteiger partial charge in [0.25, 0.3) is 0 Å². The topological polar surface area (TPSA) is 27.1 Å². The number of hydrogen-bond acceptors (Lipinski definition) is 2. The number of nitrogens with zero attached hydrogens (tertiary/aromatic N) is 2. The summed E-state index contributed by atoms with van der Waals surface area (Å²) in [6.45, 7) is 9.01. The number of imidazole rings is 1. The maximum atomic E-state index is 6.22. The van der Waals surface area contributed by atoms with Crippen molar-refractivity contribution in [3.63, 3.8) is 0 Å². The average Bonchev–Trinajstić information content (AvgIpc) is 3.16. The Labute approximate surface area is 213 Å². The lowest BCUT2D eigenvalue weighted by molar-refractivity contribution is 0.125. The molecule has 0 saturated heterocycles. The fourth-order valence-electron chi connectivity index (χ4n) is 3.80. The lowest BCUT2D eigenvalue weighted by Gasteiger charge is -2.16. The third-order valence-corrected chi connectivity index (χ3v) is 7.90. The molecule has 0 radical (unpaired) electrons. The molecule has 34 heavy (non-hydrogen) atoms. The van der Waals surface area contributed by atoms with Crippen molar-refractivity contribution in [2.75, 3.05) is 6.61 Å².